The van der Waals surface area contributed by atoms with E-state index < -0.39 is 5.92 Å². The SMILES string of the molecule is O=C1NCCCC1C(=O)N1Cc2ccccc2C1. The molecule has 2 amide bonds. The summed E-state index contributed by atoms with van der Waals surface area (Å²) in [5.41, 5.74) is 2.39. The lowest BCUT2D eigenvalue weighted by atomic mass is 9.97. The van der Waals surface area contributed by atoms with Gasteiger partial charge in [0.2, 0.25) is 11.8 Å². The van der Waals surface area contributed by atoms with Crippen LogP contribution in [0.4, 0.5) is 0 Å². The van der Waals surface area contributed by atoms with Crippen molar-refractivity contribution in [3.8, 4) is 0 Å². The van der Waals surface area contributed by atoms with E-state index in [1.807, 2.05) is 24.3 Å². The zero-order valence-corrected chi connectivity index (χ0v) is 10.2. The molecule has 2 aliphatic rings. The molecular formula is C14H16N2O2. The Kier molecular flexibility index (Phi) is 2.78. The second kappa shape index (κ2) is 4.44. The Hall–Kier alpha value is -1.84. The summed E-state index contributed by atoms with van der Waals surface area (Å²) in [6, 6.07) is 8.06. The van der Waals surface area contributed by atoms with Crippen molar-refractivity contribution >= 4 is 11.8 Å². The van der Waals surface area contributed by atoms with E-state index in [1.165, 1.54) is 11.1 Å². The Morgan fingerprint density at radius 1 is 1.22 bits per heavy atom. The van der Waals surface area contributed by atoms with Crippen molar-refractivity contribution in [2.24, 2.45) is 5.92 Å². The predicted octanol–water partition coefficient (Wildman–Crippen LogP) is 1.05. The molecule has 0 aliphatic carbocycles. The highest BCUT2D eigenvalue weighted by Gasteiger charge is 2.34. The van der Waals surface area contributed by atoms with Gasteiger partial charge in [-0.2, -0.15) is 0 Å². The van der Waals surface area contributed by atoms with Gasteiger partial charge in [-0.05, 0) is 24.0 Å². The van der Waals surface area contributed by atoms with Gasteiger partial charge in [-0.1, -0.05) is 24.3 Å². The third-order valence-corrected chi connectivity index (χ3v) is 3.74. The average Bonchev–Trinajstić information content (AvgIpc) is 2.82. The van der Waals surface area contributed by atoms with Crippen LogP contribution in [0, 0.1) is 5.92 Å². The Labute approximate surface area is 106 Å². The van der Waals surface area contributed by atoms with Crippen molar-refractivity contribution in [1.82, 2.24) is 10.2 Å². The zero-order valence-electron chi connectivity index (χ0n) is 10.2. The number of hydrogen-bond donors (Lipinski definition) is 1. The molecule has 0 spiro atoms. The summed E-state index contributed by atoms with van der Waals surface area (Å²) in [4.78, 5) is 25.8. The van der Waals surface area contributed by atoms with Crippen LogP contribution in [0.3, 0.4) is 0 Å². The van der Waals surface area contributed by atoms with Crippen LogP contribution < -0.4 is 5.32 Å². The summed E-state index contributed by atoms with van der Waals surface area (Å²) in [7, 11) is 0. The standard InChI is InChI=1S/C14H16N2O2/c17-13-12(6-3-7-15-13)14(18)16-8-10-4-1-2-5-11(10)9-16/h1-2,4-5,12H,3,6-9H2,(H,15,17). The van der Waals surface area contributed by atoms with Crippen LogP contribution in [0.1, 0.15) is 24.0 Å². The van der Waals surface area contributed by atoms with Crippen molar-refractivity contribution in [3.05, 3.63) is 35.4 Å². The van der Waals surface area contributed by atoms with E-state index in [-0.39, 0.29) is 11.8 Å². The number of benzene rings is 1. The highest BCUT2D eigenvalue weighted by atomic mass is 16.2. The Morgan fingerprint density at radius 2 is 1.89 bits per heavy atom. The number of hydrogen-bond acceptors (Lipinski definition) is 2. The first-order valence-electron chi connectivity index (χ1n) is 6.39. The lowest BCUT2D eigenvalue weighted by molar-refractivity contribution is -0.144. The van der Waals surface area contributed by atoms with Gasteiger partial charge >= 0.3 is 0 Å². The highest BCUT2D eigenvalue weighted by molar-refractivity contribution is 6.00. The maximum atomic E-state index is 12.3. The normalized spacial score (nSPS) is 22.6. The van der Waals surface area contributed by atoms with Crippen molar-refractivity contribution in [3.63, 3.8) is 0 Å². The second-order valence-electron chi connectivity index (χ2n) is 4.95. The van der Waals surface area contributed by atoms with Crippen molar-refractivity contribution in [2.75, 3.05) is 6.54 Å². The average molecular weight is 244 g/mol. The molecule has 1 atom stereocenters. The van der Waals surface area contributed by atoms with Gasteiger partial charge in [-0.3, -0.25) is 9.59 Å². The number of amides is 2. The summed E-state index contributed by atoms with van der Waals surface area (Å²) in [5.74, 6) is -0.612. The molecule has 1 unspecified atom stereocenters. The van der Waals surface area contributed by atoms with Crippen molar-refractivity contribution < 1.29 is 9.59 Å². The van der Waals surface area contributed by atoms with Gasteiger partial charge in [0, 0.05) is 19.6 Å². The molecule has 4 nitrogen and oxygen atoms in total. The van der Waals surface area contributed by atoms with Gasteiger partial charge in [0.1, 0.15) is 5.92 Å². The summed E-state index contributed by atoms with van der Waals surface area (Å²) in [6.45, 7) is 1.97. The monoisotopic (exact) mass is 244 g/mol. The van der Waals surface area contributed by atoms with Crippen LogP contribution in [-0.4, -0.2) is 23.3 Å². The maximum Gasteiger partial charge on any atom is 0.235 e. The molecule has 1 fully saturated rings. The number of carbonyl (C=O) groups excluding carboxylic acids is 2. The van der Waals surface area contributed by atoms with E-state index in [1.54, 1.807) is 4.90 Å². The van der Waals surface area contributed by atoms with Crippen molar-refractivity contribution in [1.29, 1.82) is 0 Å². The Bertz CT molecular complexity index is 473. The molecule has 0 radical (unpaired) electrons. The summed E-state index contributed by atoms with van der Waals surface area (Å²) in [5, 5.41) is 2.77. The van der Waals surface area contributed by atoms with E-state index >= 15 is 0 Å². The van der Waals surface area contributed by atoms with Gasteiger partial charge in [0.25, 0.3) is 0 Å². The number of nitrogens with zero attached hydrogens (tertiary/aromatic N) is 1. The molecular weight excluding hydrogens is 228 g/mol. The number of fused-ring (bicyclic) bond motifs is 1. The third kappa shape index (κ3) is 1.88. The minimum atomic E-state index is -0.479. The van der Waals surface area contributed by atoms with Crippen LogP contribution in [0.25, 0.3) is 0 Å². The van der Waals surface area contributed by atoms with E-state index in [0.717, 1.165) is 6.42 Å². The Morgan fingerprint density at radius 3 is 2.50 bits per heavy atom. The molecule has 4 heteroatoms. The smallest absolute Gasteiger partial charge is 0.235 e. The first-order valence-corrected chi connectivity index (χ1v) is 6.39. The lowest BCUT2D eigenvalue weighted by Gasteiger charge is -2.25. The number of carbonyl (C=O) groups is 2. The van der Waals surface area contributed by atoms with Crippen LogP contribution in [0.2, 0.25) is 0 Å². The lowest BCUT2D eigenvalue weighted by Crippen LogP contribution is -2.45. The first kappa shape index (κ1) is 11.3. The quantitative estimate of drug-likeness (QED) is 0.751. The molecule has 2 heterocycles. The van der Waals surface area contributed by atoms with E-state index in [0.29, 0.717) is 26.1 Å². The summed E-state index contributed by atoms with van der Waals surface area (Å²) in [6.07, 6.45) is 1.57. The van der Waals surface area contributed by atoms with Crippen molar-refractivity contribution in [2.45, 2.75) is 25.9 Å². The predicted molar refractivity (Wildman–Crippen MR) is 66.4 cm³/mol. The summed E-state index contributed by atoms with van der Waals surface area (Å²) >= 11 is 0. The van der Waals surface area contributed by atoms with Crippen LogP contribution >= 0.6 is 0 Å². The van der Waals surface area contributed by atoms with Crippen LogP contribution in [0.15, 0.2) is 24.3 Å². The van der Waals surface area contributed by atoms with Gasteiger partial charge < -0.3 is 10.2 Å². The van der Waals surface area contributed by atoms with E-state index in [9.17, 15) is 9.59 Å². The minimum absolute atomic E-state index is 0.0246. The molecule has 0 saturated carbocycles. The number of piperidine rings is 1. The molecule has 18 heavy (non-hydrogen) atoms. The highest BCUT2D eigenvalue weighted by Crippen LogP contribution is 2.25. The van der Waals surface area contributed by atoms with Crippen LogP contribution in [-0.2, 0) is 22.7 Å². The fourth-order valence-electron chi connectivity index (χ4n) is 2.72. The minimum Gasteiger partial charge on any atom is -0.355 e. The molecule has 1 saturated heterocycles. The molecule has 0 aromatic heterocycles. The molecule has 94 valence electrons. The van der Waals surface area contributed by atoms with Gasteiger partial charge in [0.05, 0.1) is 0 Å². The van der Waals surface area contributed by atoms with E-state index in [4.69, 9.17) is 0 Å². The van der Waals surface area contributed by atoms with Crippen LogP contribution in [0.5, 0.6) is 0 Å². The summed E-state index contributed by atoms with van der Waals surface area (Å²) < 4.78 is 0. The third-order valence-electron chi connectivity index (χ3n) is 3.74. The second-order valence-corrected chi connectivity index (χ2v) is 4.95. The zero-order chi connectivity index (χ0) is 12.5. The first-order chi connectivity index (χ1) is 8.75. The van der Waals surface area contributed by atoms with Gasteiger partial charge in [-0.15, -0.1) is 0 Å². The Balaban J connectivity index is 1.74. The molecule has 1 aromatic rings. The molecule has 1 N–H and O–H groups in total. The molecule has 1 aromatic carbocycles. The molecule has 2 aliphatic heterocycles. The molecule has 0 bridgehead atoms. The fourth-order valence-corrected chi connectivity index (χ4v) is 2.72. The largest absolute Gasteiger partial charge is 0.355 e. The van der Waals surface area contributed by atoms with E-state index in [2.05, 4.69) is 5.32 Å². The molecule has 3 rings (SSSR count). The van der Waals surface area contributed by atoms with Gasteiger partial charge in [0.15, 0.2) is 0 Å². The number of rotatable bonds is 1. The fraction of sp³-hybridized carbons (Fsp3) is 0.429. The van der Waals surface area contributed by atoms with Gasteiger partial charge in [-0.25, -0.2) is 0 Å². The number of nitrogens with one attached hydrogen (secondary N) is 1. The maximum absolute atomic E-state index is 12.3. The topological polar surface area (TPSA) is 49.4 Å².